The number of aryl methyl sites for hydroxylation is 1. The number of carbonyl (C=O) groups is 1. The Morgan fingerprint density at radius 1 is 1.21 bits per heavy atom. The van der Waals surface area contributed by atoms with Crippen LogP contribution in [0, 0.1) is 6.92 Å². The number of thiazole rings is 1. The number of H-pyrrole nitrogens is 1. The molecule has 0 unspecified atom stereocenters. The molecule has 4 aromatic heterocycles. The summed E-state index contributed by atoms with van der Waals surface area (Å²) in [5.41, 5.74) is -0.438. The van der Waals surface area contributed by atoms with Crippen LogP contribution in [-0.4, -0.2) is 37.7 Å². The molecule has 0 atom stereocenters. The number of rotatable bonds is 5. The molecule has 0 spiro atoms. The highest BCUT2D eigenvalue weighted by atomic mass is 32.1. The minimum atomic E-state index is -4.62. The van der Waals surface area contributed by atoms with Crippen molar-refractivity contribution < 1.29 is 22.4 Å². The van der Waals surface area contributed by atoms with Gasteiger partial charge >= 0.3 is 12.2 Å². The molecule has 2 amide bonds. The molecule has 14 heteroatoms. The molecule has 0 bridgehead atoms. The summed E-state index contributed by atoms with van der Waals surface area (Å²) in [6.45, 7) is 3.67. The number of hydrogen-bond donors (Lipinski definition) is 3. The molecular weight excluding hydrogens is 475 g/mol. The van der Waals surface area contributed by atoms with E-state index in [1.54, 1.807) is 13.8 Å². The molecule has 0 saturated carbocycles. The minimum absolute atomic E-state index is 0.0155. The summed E-state index contributed by atoms with van der Waals surface area (Å²) in [6.07, 6.45) is -1.88. The van der Waals surface area contributed by atoms with Crippen molar-refractivity contribution in [3.63, 3.8) is 0 Å². The van der Waals surface area contributed by atoms with Crippen molar-refractivity contribution in [2.75, 3.05) is 11.9 Å². The van der Waals surface area contributed by atoms with Gasteiger partial charge in [0, 0.05) is 47.9 Å². The van der Waals surface area contributed by atoms with Gasteiger partial charge in [-0.3, -0.25) is 10.1 Å². The van der Waals surface area contributed by atoms with Gasteiger partial charge in [0.1, 0.15) is 16.4 Å². The highest BCUT2D eigenvalue weighted by molar-refractivity contribution is 7.13. The first-order chi connectivity index (χ1) is 16.2. The Morgan fingerprint density at radius 3 is 2.65 bits per heavy atom. The summed E-state index contributed by atoms with van der Waals surface area (Å²) in [5.74, 6) is 0.342. The number of halogens is 3. The van der Waals surface area contributed by atoms with Crippen LogP contribution in [0.3, 0.4) is 0 Å². The highest BCUT2D eigenvalue weighted by Gasteiger charge is 2.34. The third kappa shape index (κ3) is 4.80. The Bertz CT molecular complexity index is 1410. The molecule has 4 heterocycles. The topological polar surface area (TPSA) is 139 Å². The lowest BCUT2D eigenvalue weighted by atomic mass is 10.0. The molecule has 4 rings (SSSR count). The fraction of sp³-hybridized carbons (Fsp3) is 0.200. The number of aromatic amines is 1. The van der Waals surface area contributed by atoms with E-state index in [-0.39, 0.29) is 33.7 Å². The van der Waals surface area contributed by atoms with Crippen LogP contribution in [0.1, 0.15) is 18.5 Å². The second-order valence-electron chi connectivity index (χ2n) is 6.89. The number of pyridine rings is 2. The van der Waals surface area contributed by atoms with Crippen molar-refractivity contribution >= 4 is 23.2 Å². The summed E-state index contributed by atoms with van der Waals surface area (Å²) in [6, 6.07) is 2.34. The average Bonchev–Trinajstić information content (AvgIpc) is 3.44. The van der Waals surface area contributed by atoms with Crippen molar-refractivity contribution in [1.82, 2.24) is 30.5 Å². The van der Waals surface area contributed by atoms with E-state index in [2.05, 4.69) is 35.8 Å². The van der Waals surface area contributed by atoms with Gasteiger partial charge in [-0.2, -0.15) is 13.2 Å². The maximum absolute atomic E-state index is 13.2. The standard InChI is InChI=1S/C20H16F3N7O3S/c1-3-24-19(32)28-15-5-11(18-27-14(8-34-18)20(21,22)23)13(7-25-15)10-4-12(16(31)26-6-10)17-30-29-9(2)33-17/h4-8H,3H2,1-2H3,(H,26,31)(H2,24,25,28,32). The van der Waals surface area contributed by atoms with Crippen LogP contribution >= 0.6 is 11.3 Å². The second kappa shape index (κ2) is 9.05. The third-order valence-electron chi connectivity index (χ3n) is 4.48. The smallest absolute Gasteiger partial charge is 0.421 e. The summed E-state index contributed by atoms with van der Waals surface area (Å²) >= 11 is 0.783. The normalized spacial score (nSPS) is 11.4. The number of nitrogens with zero attached hydrogens (tertiary/aromatic N) is 4. The number of amides is 2. The lowest BCUT2D eigenvalue weighted by Crippen LogP contribution is -2.28. The first kappa shape index (κ1) is 23.1. The first-order valence-electron chi connectivity index (χ1n) is 9.77. The van der Waals surface area contributed by atoms with E-state index in [0.717, 1.165) is 16.7 Å². The average molecular weight is 491 g/mol. The largest absolute Gasteiger partial charge is 0.434 e. The molecular formula is C20H16F3N7O3S. The molecule has 0 aromatic carbocycles. The lowest BCUT2D eigenvalue weighted by molar-refractivity contribution is -0.140. The molecule has 10 nitrogen and oxygen atoms in total. The van der Waals surface area contributed by atoms with Crippen LogP contribution in [0.5, 0.6) is 0 Å². The number of carbonyl (C=O) groups excluding carboxylic acids is 1. The number of alkyl halides is 3. The van der Waals surface area contributed by atoms with Crippen LogP contribution in [0.4, 0.5) is 23.8 Å². The van der Waals surface area contributed by atoms with E-state index < -0.39 is 23.5 Å². The van der Waals surface area contributed by atoms with E-state index in [4.69, 9.17) is 4.42 Å². The molecule has 0 radical (unpaired) electrons. The zero-order chi connectivity index (χ0) is 24.5. The Morgan fingerprint density at radius 2 is 2.00 bits per heavy atom. The Kier molecular flexibility index (Phi) is 6.15. The lowest BCUT2D eigenvalue weighted by Gasteiger charge is -2.11. The highest BCUT2D eigenvalue weighted by Crippen LogP contribution is 2.38. The molecule has 0 fully saturated rings. The van der Waals surface area contributed by atoms with Gasteiger partial charge in [-0.05, 0) is 19.1 Å². The van der Waals surface area contributed by atoms with Gasteiger partial charge in [0.05, 0.1) is 0 Å². The van der Waals surface area contributed by atoms with E-state index in [9.17, 15) is 22.8 Å². The molecule has 4 aromatic rings. The quantitative estimate of drug-likeness (QED) is 0.382. The van der Waals surface area contributed by atoms with Gasteiger partial charge in [-0.1, -0.05) is 0 Å². The Balaban J connectivity index is 1.84. The summed E-state index contributed by atoms with van der Waals surface area (Å²) in [7, 11) is 0. The van der Waals surface area contributed by atoms with Gasteiger partial charge in [0.2, 0.25) is 5.89 Å². The molecule has 0 saturated heterocycles. The molecule has 3 N–H and O–H groups in total. The Labute approximate surface area is 193 Å². The zero-order valence-corrected chi connectivity index (χ0v) is 18.5. The van der Waals surface area contributed by atoms with Crippen molar-refractivity contribution in [1.29, 1.82) is 0 Å². The van der Waals surface area contributed by atoms with Gasteiger partial charge in [0.25, 0.3) is 11.4 Å². The fourth-order valence-corrected chi connectivity index (χ4v) is 3.84. The van der Waals surface area contributed by atoms with E-state index >= 15 is 0 Å². The van der Waals surface area contributed by atoms with Crippen LogP contribution in [0.15, 0.2) is 39.1 Å². The zero-order valence-electron chi connectivity index (χ0n) is 17.6. The van der Waals surface area contributed by atoms with Crippen molar-refractivity contribution in [3.05, 3.63) is 51.8 Å². The molecule has 0 aliphatic carbocycles. The van der Waals surface area contributed by atoms with E-state index in [0.29, 0.717) is 17.7 Å². The fourth-order valence-electron chi connectivity index (χ4n) is 2.98. The van der Waals surface area contributed by atoms with Crippen LogP contribution in [0.2, 0.25) is 0 Å². The molecule has 0 aliphatic rings. The van der Waals surface area contributed by atoms with E-state index in [1.807, 2.05) is 0 Å². The Hall–Kier alpha value is -4.07. The number of urea groups is 1. The number of nitrogens with one attached hydrogen (secondary N) is 3. The molecule has 176 valence electrons. The van der Waals surface area contributed by atoms with Crippen LogP contribution in [0.25, 0.3) is 33.2 Å². The van der Waals surface area contributed by atoms with Crippen molar-refractivity contribution in [2.24, 2.45) is 0 Å². The van der Waals surface area contributed by atoms with Gasteiger partial charge in [0.15, 0.2) is 5.69 Å². The SMILES string of the molecule is CCNC(=O)Nc1cc(-c2nc(C(F)(F)F)cs2)c(-c2c[nH]c(=O)c(-c3nnc(C)o3)c2)cn1. The predicted octanol–water partition coefficient (Wildman–Crippen LogP) is 4.08. The van der Waals surface area contributed by atoms with E-state index in [1.165, 1.54) is 24.5 Å². The van der Waals surface area contributed by atoms with Gasteiger partial charge in [-0.15, -0.1) is 21.5 Å². The maximum atomic E-state index is 13.2. The second-order valence-corrected chi connectivity index (χ2v) is 7.75. The van der Waals surface area contributed by atoms with Crippen molar-refractivity contribution in [2.45, 2.75) is 20.0 Å². The number of anilines is 1. The third-order valence-corrected chi connectivity index (χ3v) is 5.35. The molecule has 0 aliphatic heterocycles. The van der Waals surface area contributed by atoms with Gasteiger partial charge < -0.3 is 14.7 Å². The summed E-state index contributed by atoms with van der Waals surface area (Å²) in [5, 5.41) is 13.6. The monoisotopic (exact) mass is 491 g/mol. The van der Waals surface area contributed by atoms with Gasteiger partial charge in [-0.25, -0.2) is 14.8 Å². The first-order valence-corrected chi connectivity index (χ1v) is 10.6. The van der Waals surface area contributed by atoms with Crippen LogP contribution < -0.4 is 16.2 Å². The summed E-state index contributed by atoms with van der Waals surface area (Å²) < 4.78 is 44.8. The number of aromatic nitrogens is 5. The number of hydrogen-bond acceptors (Lipinski definition) is 8. The maximum Gasteiger partial charge on any atom is 0.434 e. The predicted molar refractivity (Wildman–Crippen MR) is 117 cm³/mol. The summed E-state index contributed by atoms with van der Waals surface area (Å²) in [4.78, 5) is 34.7. The van der Waals surface area contributed by atoms with Crippen LogP contribution in [-0.2, 0) is 6.18 Å². The minimum Gasteiger partial charge on any atom is -0.421 e. The van der Waals surface area contributed by atoms with Crippen molar-refractivity contribution in [3.8, 4) is 33.2 Å². The molecule has 34 heavy (non-hydrogen) atoms.